The highest BCUT2D eigenvalue weighted by atomic mass is 16.5. The number of unbranched alkanes of at least 4 members (excludes halogenated alkanes) is 27. The topological polar surface area (TPSA) is 63.6 Å². The summed E-state index contributed by atoms with van der Waals surface area (Å²) in [6, 6.07) is 0. The third-order valence-electron chi connectivity index (χ3n) is 9.08. The maximum Gasteiger partial charge on any atom is 0.306 e. The molecule has 256 valence electrons. The lowest BCUT2D eigenvalue weighted by molar-refractivity contribution is -0.150. The van der Waals surface area contributed by atoms with Crippen molar-refractivity contribution in [2.75, 3.05) is 0 Å². The molecular weight excluding hydrogens is 532 g/mol. The van der Waals surface area contributed by atoms with Crippen LogP contribution in [0.1, 0.15) is 232 Å². The summed E-state index contributed by atoms with van der Waals surface area (Å²) in [5.74, 6) is -0.747. The van der Waals surface area contributed by atoms with E-state index in [1.54, 1.807) is 0 Å². The van der Waals surface area contributed by atoms with Crippen molar-refractivity contribution >= 4 is 11.9 Å². The minimum atomic E-state index is -0.721. The van der Waals surface area contributed by atoms with Gasteiger partial charge in [-0.3, -0.25) is 9.59 Å². The quantitative estimate of drug-likeness (QED) is 0.0567. The average molecular weight is 609 g/mol. The van der Waals surface area contributed by atoms with Gasteiger partial charge in [0.1, 0.15) is 6.10 Å². The van der Waals surface area contributed by atoms with E-state index in [1.165, 1.54) is 154 Å². The molecule has 0 spiro atoms. The Kier molecular flexibility index (Phi) is 34.5. The van der Waals surface area contributed by atoms with Gasteiger partial charge < -0.3 is 9.84 Å². The Morgan fingerprint density at radius 3 is 1.05 bits per heavy atom. The molecule has 0 aromatic rings. The number of hydrogen-bond donors (Lipinski definition) is 1. The summed E-state index contributed by atoms with van der Waals surface area (Å²) in [4.78, 5) is 23.3. The van der Waals surface area contributed by atoms with Gasteiger partial charge in [-0.15, -0.1) is 0 Å². The SMILES string of the molecule is CCCCCCCCCCCCCCCCCCCCCC(=O)OC(CCCCCCCCCC)CCCCCC(=O)O. The lowest BCUT2D eigenvalue weighted by atomic mass is 10.0. The van der Waals surface area contributed by atoms with Crippen LogP contribution >= 0.6 is 0 Å². The molecule has 0 rings (SSSR count). The van der Waals surface area contributed by atoms with Crippen LogP contribution in [0.5, 0.6) is 0 Å². The van der Waals surface area contributed by atoms with E-state index >= 15 is 0 Å². The van der Waals surface area contributed by atoms with Crippen LogP contribution in [-0.2, 0) is 14.3 Å². The Morgan fingerprint density at radius 2 is 0.698 bits per heavy atom. The fraction of sp³-hybridized carbons (Fsp3) is 0.949. The fourth-order valence-electron chi connectivity index (χ4n) is 6.19. The third kappa shape index (κ3) is 35.3. The first-order valence-electron chi connectivity index (χ1n) is 19.5. The smallest absolute Gasteiger partial charge is 0.306 e. The van der Waals surface area contributed by atoms with Crippen molar-refractivity contribution in [3.8, 4) is 0 Å². The Labute approximate surface area is 269 Å². The summed E-state index contributed by atoms with van der Waals surface area (Å²) >= 11 is 0. The molecule has 0 heterocycles. The van der Waals surface area contributed by atoms with E-state index < -0.39 is 5.97 Å². The zero-order chi connectivity index (χ0) is 31.5. The summed E-state index contributed by atoms with van der Waals surface area (Å²) in [7, 11) is 0. The van der Waals surface area contributed by atoms with Crippen LogP contribution in [0.25, 0.3) is 0 Å². The fourth-order valence-corrected chi connectivity index (χ4v) is 6.19. The van der Waals surface area contributed by atoms with Gasteiger partial charge in [0, 0.05) is 12.8 Å². The van der Waals surface area contributed by atoms with Crippen LogP contribution in [0, 0.1) is 0 Å². The molecule has 0 aromatic carbocycles. The second-order valence-electron chi connectivity index (χ2n) is 13.5. The number of carboxylic acids is 1. The summed E-state index contributed by atoms with van der Waals surface area (Å²) in [5.41, 5.74) is 0. The second kappa shape index (κ2) is 35.4. The molecule has 0 amide bonds. The molecule has 0 saturated carbocycles. The molecule has 43 heavy (non-hydrogen) atoms. The normalized spacial score (nSPS) is 12.0. The number of hydrogen-bond acceptors (Lipinski definition) is 3. The van der Waals surface area contributed by atoms with E-state index in [4.69, 9.17) is 9.84 Å². The van der Waals surface area contributed by atoms with Gasteiger partial charge in [-0.2, -0.15) is 0 Å². The zero-order valence-electron chi connectivity index (χ0n) is 29.3. The molecule has 0 aliphatic rings. The number of aliphatic carboxylic acids is 1. The van der Waals surface area contributed by atoms with E-state index in [-0.39, 0.29) is 18.5 Å². The largest absolute Gasteiger partial charge is 0.481 e. The lowest BCUT2D eigenvalue weighted by Crippen LogP contribution is -2.18. The first-order valence-corrected chi connectivity index (χ1v) is 19.5. The van der Waals surface area contributed by atoms with Gasteiger partial charge in [0.25, 0.3) is 0 Å². The number of carbonyl (C=O) groups is 2. The summed E-state index contributed by atoms with van der Waals surface area (Å²) in [5, 5.41) is 8.86. The van der Waals surface area contributed by atoms with Crippen molar-refractivity contribution < 1.29 is 19.4 Å². The zero-order valence-corrected chi connectivity index (χ0v) is 29.3. The molecule has 0 saturated heterocycles. The van der Waals surface area contributed by atoms with Crippen molar-refractivity contribution in [1.82, 2.24) is 0 Å². The lowest BCUT2D eigenvalue weighted by Gasteiger charge is -2.18. The number of esters is 1. The van der Waals surface area contributed by atoms with E-state index in [0.29, 0.717) is 12.8 Å². The Bertz CT molecular complexity index is 576. The molecule has 1 atom stereocenters. The number of carbonyl (C=O) groups excluding carboxylic acids is 1. The number of ether oxygens (including phenoxy) is 1. The highest BCUT2D eigenvalue weighted by molar-refractivity contribution is 5.69. The standard InChI is InChI=1S/C39H76O4/c1-3-5-7-9-11-13-14-15-16-17-18-19-20-21-22-23-25-27-32-36-39(42)43-37(34-30-28-31-35-38(40)41)33-29-26-24-12-10-8-6-4-2/h37H,3-36H2,1-2H3,(H,40,41). The molecule has 0 bridgehead atoms. The number of carboxylic acid groups (broad SMARTS) is 1. The van der Waals surface area contributed by atoms with Gasteiger partial charge in [-0.25, -0.2) is 0 Å². The molecule has 0 aliphatic carbocycles. The number of rotatable bonds is 36. The molecule has 0 fully saturated rings. The van der Waals surface area contributed by atoms with Crippen LogP contribution in [0.3, 0.4) is 0 Å². The van der Waals surface area contributed by atoms with Crippen LogP contribution in [0.4, 0.5) is 0 Å². The van der Waals surface area contributed by atoms with Crippen LogP contribution < -0.4 is 0 Å². The predicted molar refractivity (Wildman–Crippen MR) is 186 cm³/mol. The maximum absolute atomic E-state index is 12.5. The van der Waals surface area contributed by atoms with Crippen molar-refractivity contribution in [2.24, 2.45) is 0 Å². The van der Waals surface area contributed by atoms with Gasteiger partial charge in [0.05, 0.1) is 0 Å². The van der Waals surface area contributed by atoms with E-state index in [2.05, 4.69) is 13.8 Å². The molecule has 1 unspecified atom stereocenters. The van der Waals surface area contributed by atoms with E-state index in [1.807, 2.05) is 0 Å². The molecule has 0 aromatic heterocycles. The first-order chi connectivity index (χ1) is 21.1. The summed E-state index contributed by atoms with van der Waals surface area (Å²) in [6.07, 6.45) is 41.3. The van der Waals surface area contributed by atoms with Gasteiger partial charge in [-0.1, -0.05) is 181 Å². The van der Waals surface area contributed by atoms with Crippen molar-refractivity contribution in [3.63, 3.8) is 0 Å². The first kappa shape index (κ1) is 41.9. The van der Waals surface area contributed by atoms with Gasteiger partial charge in [0.15, 0.2) is 0 Å². The van der Waals surface area contributed by atoms with Gasteiger partial charge in [-0.05, 0) is 38.5 Å². The van der Waals surface area contributed by atoms with Crippen LogP contribution in [0.15, 0.2) is 0 Å². The predicted octanol–water partition coefficient (Wildman–Crippen LogP) is 13.3. The molecule has 0 aliphatic heterocycles. The van der Waals surface area contributed by atoms with Crippen molar-refractivity contribution in [2.45, 2.75) is 238 Å². The minimum absolute atomic E-state index is 0.0118. The Morgan fingerprint density at radius 1 is 0.419 bits per heavy atom. The highest BCUT2D eigenvalue weighted by Gasteiger charge is 2.14. The van der Waals surface area contributed by atoms with E-state index in [0.717, 1.165) is 44.9 Å². The van der Waals surface area contributed by atoms with Gasteiger partial charge >= 0.3 is 11.9 Å². The van der Waals surface area contributed by atoms with Crippen LogP contribution in [0.2, 0.25) is 0 Å². The molecule has 4 heteroatoms. The molecule has 0 radical (unpaired) electrons. The van der Waals surface area contributed by atoms with Crippen LogP contribution in [-0.4, -0.2) is 23.1 Å². The molecular formula is C39H76O4. The summed E-state index contributed by atoms with van der Waals surface area (Å²) < 4.78 is 5.92. The molecule has 4 nitrogen and oxygen atoms in total. The summed E-state index contributed by atoms with van der Waals surface area (Å²) in [6.45, 7) is 4.54. The van der Waals surface area contributed by atoms with Crippen molar-refractivity contribution in [1.29, 1.82) is 0 Å². The van der Waals surface area contributed by atoms with Crippen molar-refractivity contribution in [3.05, 3.63) is 0 Å². The maximum atomic E-state index is 12.5. The Balaban J connectivity index is 3.75. The van der Waals surface area contributed by atoms with Gasteiger partial charge in [0.2, 0.25) is 0 Å². The molecule has 1 N–H and O–H groups in total. The van der Waals surface area contributed by atoms with E-state index in [9.17, 15) is 9.59 Å². The second-order valence-corrected chi connectivity index (χ2v) is 13.5. The average Bonchev–Trinajstić information content (AvgIpc) is 2.99. The minimum Gasteiger partial charge on any atom is -0.481 e. The Hall–Kier alpha value is -1.06. The third-order valence-corrected chi connectivity index (χ3v) is 9.08. The monoisotopic (exact) mass is 609 g/mol. The highest BCUT2D eigenvalue weighted by Crippen LogP contribution is 2.19.